The topological polar surface area (TPSA) is 55.6 Å². The Hall–Kier alpha value is -0.680. The van der Waals surface area contributed by atoms with Crippen LogP contribution in [0.2, 0.25) is 0 Å². The molecule has 14 heavy (non-hydrogen) atoms. The largest absolute Gasteiger partial charge is 0.309 e. The highest BCUT2D eigenvalue weighted by atomic mass is 35.5. The van der Waals surface area contributed by atoms with Crippen LogP contribution >= 0.6 is 11.6 Å². The molecule has 1 unspecified atom stereocenters. The second-order valence-electron chi connectivity index (χ2n) is 3.41. The molecular formula is C8H16ClN5. The molecule has 1 rings (SSSR count). The summed E-state index contributed by atoms with van der Waals surface area (Å²) in [5.74, 6) is 2.03. The molecule has 0 fully saturated rings. The molecule has 0 saturated heterocycles. The van der Waals surface area contributed by atoms with Crippen LogP contribution in [0.5, 0.6) is 0 Å². The second-order valence-corrected chi connectivity index (χ2v) is 3.79. The van der Waals surface area contributed by atoms with Gasteiger partial charge in [-0.25, -0.2) is 0 Å². The molecule has 0 bridgehead atoms. The van der Waals surface area contributed by atoms with Gasteiger partial charge in [-0.05, 0) is 24.1 Å². The highest BCUT2D eigenvalue weighted by molar-refractivity contribution is 6.17. The zero-order valence-corrected chi connectivity index (χ0v) is 9.33. The van der Waals surface area contributed by atoms with Crippen molar-refractivity contribution in [3.8, 4) is 0 Å². The van der Waals surface area contributed by atoms with E-state index >= 15 is 0 Å². The van der Waals surface area contributed by atoms with E-state index < -0.39 is 0 Å². The van der Waals surface area contributed by atoms with Gasteiger partial charge in [0.25, 0.3) is 0 Å². The lowest BCUT2D eigenvalue weighted by Crippen LogP contribution is -2.21. The Kier molecular flexibility index (Phi) is 4.82. The van der Waals surface area contributed by atoms with Crippen LogP contribution in [0.1, 0.15) is 19.2 Å². The zero-order valence-electron chi connectivity index (χ0n) is 8.57. The van der Waals surface area contributed by atoms with Crippen LogP contribution in [0.15, 0.2) is 0 Å². The van der Waals surface area contributed by atoms with Crippen molar-refractivity contribution in [3.05, 3.63) is 5.82 Å². The van der Waals surface area contributed by atoms with Crippen molar-refractivity contribution in [1.29, 1.82) is 0 Å². The van der Waals surface area contributed by atoms with E-state index in [1.165, 1.54) is 4.80 Å². The van der Waals surface area contributed by atoms with Gasteiger partial charge in [0.05, 0.1) is 13.6 Å². The molecule has 1 heterocycles. The van der Waals surface area contributed by atoms with Gasteiger partial charge in [-0.1, -0.05) is 6.92 Å². The molecule has 0 amide bonds. The van der Waals surface area contributed by atoms with Crippen LogP contribution in [0.4, 0.5) is 0 Å². The quantitative estimate of drug-likeness (QED) is 0.708. The molecule has 0 aliphatic carbocycles. The molecule has 1 N–H and O–H groups in total. The van der Waals surface area contributed by atoms with Crippen LogP contribution in [0, 0.1) is 5.92 Å². The van der Waals surface area contributed by atoms with Crippen molar-refractivity contribution in [2.75, 3.05) is 12.4 Å². The van der Waals surface area contributed by atoms with E-state index in [0.717, 1.165) is 18.8 Å². The van der Waals surface area contributed by atoms with E-state index in [-0.39, 0.29) is 0 Å². The number of aromatic nitrogens is 4. The SMILES string of the molecule is CC(CCCl)CNCc1nnn(C)n1. The molecule has 0 spiro atoms. The Balaban J connectivity index is 2.15. The Labute approximate surface area is 88.8 Å². The summed E-state index contributed by atoms with van der Waals surface area (Å²) in [5, 5.41) is 14.9. The minimum absolute atomic E-state index is 0.587. The minimum atomic E-state index is 0.587. The van der Waals surface area contributed by atoms with Crippen LogP contribution in [-0.4, -0.2) is 32.6 Å². The van der Waals surface area contributed by atoms with Crippen molar-refractivity contribution in [3.63, 3.8) is 0 Å². The van der Waals surface area contributed by atoms with E-state index in [0.29, 0.717) is 18.3 Å². The van der Waals surface area contributed by atoms with Gasteiger partial charge in [0, 0.05) is 5.88 Å². The second kappa shape index (κ2) is 5.93. The molecule has 0 saturated carbocycles. The third-order valence-corrected chi connectivity index (χ3v) is 2.15. The zero-order chi connectivity index (χ0) is 10.4. The van der Waals surface area contributed by atoms with Gasteiger partial charge >= 0.3 is 0 Å². The molecule has 0 aliphatic heterocycles. The average Bonchev–Trinajstić information content (AvgIpc) is 2.52. The highest BCUT2D eigenvalue weighted by Crippen LogP contribution is 2.01. The predicted octanol–water partition coefficient (Wildman–Crippen LogP) is 0.565. The lowest BCUT2D eigenvalue weighted by Gasteiger charge is -2.08. The maximum absolute atomic E-state index is 5.63. The maximum Gasteiger partial charge on any atom is 0.188 e. The number of halogens is 1. The average molecular weight is 218 g/mol. The van der Waals surface area contributed by atoms with Gasteiger partial charge in [0.2, 0.25) is 0 Å². The molecule has 80 valence electrons. The molecular weight excluding hydrogens is 202 g/mol. The molecule has 1 aromatic rings. The monoisotopic (exact) mass is 217 g/mol. The Bertz CT molecular complexity index is 262. The normalized spacial score (nSPS) is 13.1. The van der Waals surface area contributed by atoms with Crippen LogP contribution < -0.4 is 5.32 Å². The molecule has 5 nitrogen and oxygen atoms in total. The summed E-state index contributed by atoms with van der Waals surface area (Å²) < 4.78 is 0. The van der Waals surface area contributed by atoms with Crippen LogP contribution in [0.3, 0.4) is 0 Å². The van der Waals surface area contributed by atoms with E-state index in [9.17, 15) is 0 Å². The molecule has 0 aromatic carbocycles. The van der Waals surface area contributed by atoms with E-state index in [2.05, 4.69) is 27.7 Å². The first-order valence-corrected chi connectivity index (χ1v) is 5.25. The Morgan fingerprint density at radius 2 is 2.36 bits per heavy atom. The summed E-state index contributed by atoms with van der Waals surface area (Å²) in [4.78, 5) is 1.46. The molecule has 1 aromatic heterocycles. The van der Waals surface area contributed by atoms with Crippen molar-refractivity contribution in [1.82, 2.24) is 25.5 Å². The Morgan fingerprint density at radius 1 is 1.57 bits per heavy atom. The standard InChI is InChI=1S/C8H16ClN5/c1-7(3-4-9)5-10-6-8-11-13-14(2)12-8/h7,10H,3-6H2,1-2H3. The smallest absolute Gasteiger partial charge is 0.188 e. The Morgan fingerprint density at radius 3 is 2.93 bits per heavy atom. The van der Waals surface area contributed by atoms with Gasteiger partial charge in [0.15, 0.2) is 5.82 Å². The van der Waals surface area contributed by atoms with Crippen molar-refractivity contribution < 1.29 is 0 Å². The maximum atomic E-state index is 5.63. The van der Waals surface area contributed by atoms with Crippen molar-refractivity contribution in [2.24, 2.45) is 13.0 Å². The van der Waals surface area contributed by atoms with Crippen LogP contribution in [-0.2, 0) is 13.6 Å². The van der Waals surface area contributed by atoms with Gasteiger partial charge in [-0.15, -0.1) is 21.8 Å². The van der Waals surface area contributed by atoms with Gasteiger partial charge in [-0.2, -0.15) is 4.80 Å². The summed E-state index contributed by atoms with van der Waals surface area (Å²) in [6, 6.07) is 0. The fourth-order valence-corrected chi connectivity index (χ4v) is 1.49. The molecule has 1 atom stereocenters. The lowest BCUT2D eigenvalue weighted by atomic mass is 10.1. The van der Waals surface area contributed by atoms with Gasteiger partial charge in [-0.3, -0.25) is 0 Å². The number of nitrogens with one attached hydrogen (secondary N) is 1. The first-order valence-electron chi connectivity index (χ1n) is 4.72. The molecule has 0 aliphatic rings. The first kappa shape index (κ1) is 11.4. The fourth-order valence-electron chi connectivity index (χ4n) is 1.11. The van der Waals surface area contributed by atoms with Crippen molar-refractivity contribution >= 4 is 11.6 Å². The van der Waals surface area contributed by atoms with Crippen LogP contribution in [0.25, 0.3) is 0 Å². The fraction of sp³-hybridized carbons (Fsp3) is 0.875. The van der Waals surface area contributed by atoms with Gasteiger partial charge in [0.1, 0.15) is 0 Å². The summed E-state index contributed by atoms with van der Waals surface area (Å²) in [6.45, 7) is 3.77. The van der Waals surface area contributed by atoms with E-state index in [4.69, 9.17) is 11.6 Å². The number of nitrogens with zero attached hydrogens (tertiary/aromatic N) is 4. The summed E-state index contributed by atoms with van der Waals surface area (Å²) in [6.07, 6.45) is 1.03. The summed E-state index contributed by atoms with van der Waals surface area (Å²) in [5.41, 5.74) is 0. The third kappa shape index (κ3) is 4.02. The number of rotatable bonds is 6. The third-order valence-electron chi connectivity index (χ3n) is 1.93. The van der Waals surface area contributed by atoms with E-state index in [1.807, 2.05) is 0 Å². The highest BCUT2D eigenvalue weighted by Gasteiger charge is 2.02. The summed E-state index contributed by atoms with van der Waals surface area (Å²) in [7, 11) is 1.76. The number of hydrogen-bond acceptors (Lipinski definition) is 4. The minimum Gasteiger partial charge on any atom is -0.309 e. The molecule has 0 radical (unpaired) electrons. The lowest BCUT2D eigenvalue weighted by molar-refractivity contribution is 0.495. The number of aryl methyl sites for hydroxylation is 1. The van der Waals surface area contributed by atoms with E-state index in [1.54, 1.807) is 7.05 Å². The predicted molar refractivity (Wildman–Crippen MR) is 55.0 cm³/mol. The number of tetrazole rings is 1. The van der Waals surface area contributed by atoms with Gasteiger partial charge < -0.3 is 5.32 Å². The summed E-state index contributed by atoms with van der Waals surface area (Å²) >= 11 is 5.63. The molecule has 6 heteroatoms. The first-order chi connectivity index (χ1) is 6.72. The number of alkyl halides is 1. The number of hydrogen-bond donors (Lipinski definition) is 1. The van der Waals surface area contributed by atoms with Crippen molar-refractivity contribution in [2.45, 2.75) is 19.9 Å².